The molecule has 0 radical (unpaired) electrons. The SMILES string of the molecule is Cc1cccc(-c2ccc3c(c2)C(=C(C#N)C#N)c2nc4c(nc2-3)C(=C(C#N)C#N)c2cc(-c3cccc(C(F)(F)F)c3)ccc2-4)c1. The zero-order valence-electron chi connectivity index (χ0n) is 24.4. The Labute approximate surface area is 266 Å². The lowest BCUT2D eigenvalue weighted by Gasteiger charge is -2.10. The molecule has 0 bridgehead atoms. The first kappa shape index (κ1) is 28.9. The molecule has 1 aromatic heterocycles. The molecule has 5 aromatic rings. The van der Waals surface area contributed by atoms with Crippen LogP contribution in [0.1, 0.15) is 33.6 Å². The van der Waals surface area contributed by atoms with Gasteiger partial charge in [0.1, 0.15) is 46.8 Å². The minimum absolute atomic E-state index is 0.149. The highest BCUT2D eigenvalue weighted by Gasteiger charge is 2.37. The lowest BCUT2D eigenvalue weighted by atomic mass is 9.95. The van der Waals surface area contributed by atoms with Crippen molar-refractivity contribution in [2.45, 2.75) is 13.1 Å². The summed E-state index contributed by atoms with van der Waals surface area (Å²) >= 11 is 0. The van der Waals surface area contributed by atoms with Crippen molar-refractivity contribution < 1.29 is 13.2 Å². The van der Waals surface area contributed by atoms with Crippen molar-refractivity contribution >= 4 is 11.1 Å². The third kappa shape index (κ3) is 4.55. The molecule has 0 atom stereocenters. The molecule has 6 nitrogen and oxygen atoms in total. The van der Waals surface area contributed by atoms with Crippen molar-refractivity contribution in [3.63, 3.8) is 0 Å². The van der Waals surface area contributed by atoms with Crippen LogP contribution in [0.4, 0.5) is 13.2 Å². The second kappa shape index (κ2) is 10.7. The Balaban J connectivity index is 1.46. The van der Waals surface area contributed by atoms with Gasteiger partial charge in [-0.15, -0.1) is 0 Å². The van der Waals surface area contributed by atoms with E-state index in [1.807, 2.05) is 73.7 Å². The molecule has 0 saturated carbocycles. The number of fused-ring (bicyclic) bond motifs is 6. The number of rotatable bonds is 2. The fraction of sp³-hybridized carbons (Fsp3) is 0.0526. The summed E-state index contributed by atoms with van der Waals surface area (Å²) in [6, 6.07) is 31.3. The van der Waals surface area contributed by atoms with Crippen molar-refractivity contribution in [3.05, 3.63) is 130 Å². The zero-order chi connectivity index (χ0) is 33.0. The van der Waals surface area contributed by atoms with Gasteiger partial charge in [0.15, 0.2) is 0 Å². The van der Waals surface area contributed by atoms with E-state index in [4.69, 9.17) is 9.97 Å². The van der Waals surface area contributed by atoms with Gasteiger partial charge in [0.2, 0.25) is 0 Å². The van der Waals surface area contributed by atoms with Gasteiger partial charge in [0.05, 0.1) is 17.0 Å². The molecule has 47 heavy (non-hydrogen) atoms. The molecular weight excluding hydrogens is 597 g/mol. The number of allylic oxidation sites excluding steroid dienone is 2. The molecule has 0 unspecified atom stereocenters. The summed E-state index contributed by atoms with van der Waals surface area (Å²) in [5.74, 6) is 0. The second-order valence-corrected chi connectivity index (χ2v) is 11.0. The first-order valence-corrected chi connectivity index (χ1v) is 14.2. The number of aryl methyl sites for hydroxylation is 1. The monoisotopic (exact) mass is 614 g/mol. The molecule has 2 aliphatic carbocycles. The summed E-state index contributed by atoms with van der Waals surface area (Å²) in [5.41, 5.74) is 6.38. The zero-order valence-corrected chi connectivity index (χ0v) is 24.4. The number of hydrogen-bond donors (Lipinski definition) is 0. The third-order valence-corrected chi connectivity index (χ3v) is 8.28. The van der Waals surface area contributed by atoms with Gasteiger partial charge in [0.25, 0.3) is 0 Å². The topological polar surface area (TPSA) is 121 Å². The average molecular weight is 615 g/mol. The van der Waals surface area contributed by atoms with Crippen LogP contribution in [-0.4, -0.2) is 9.97 Å². The van der Waals surface area contributed by atoms with E-state index in [1.54, 1.807) is 24.3 Å². The Morgan fingerprint density at radius 3 is 1.43 bits per heavy atom. The Bertz CT molecular complexity index is 2430. The first-order valence-electron chi connectivity index (χ1n) is 14.2. The standard InChI is InChI=1S/C38H17F3N6/c1-20-4-2-5-21(12-20)23-8-10-28-30(14-23)32(25(16-42)17-43)36-34(28)46-37-33(26(18-44)19-45)31-15-24(9-11-29(31)35(37)47-36)22-6-3-7-27(13-22)38(39,40)41/h2-15H,1H3. The largest absolute Gasteiger partial charge is 0.416 e. The highest BCUT2D eigenvalue weighted by atomic mass is 19.4. The molecule has 2 aliphatic rings. The Kier molecular flexibility index (Phi) is 6.57. The number of nitriles is 4. The van der Waals surface area contributed by atoms with Gasteiger partial charge in [-0.25, -0.2) is 9.97 Å². The number of benzene rings is 4. The summed E-state index contributed by atoms with van der Waals surface area (Å²) in [6.45, 7) is 1.99. The molecule has 0 spiro atoms. The molecule has 220 valence electrons. The summed E-state index contributed by atoms with van der Waals surface area (Å²) < 4.78 is 40.5. The average Bonchev–Trinajstić information content (AvgIpc) is 3.56. The Hall–Kier alpha value is -6.81. The minimum Gasteiger partial charge on any atom is -0.243 e. The van der Waals surface area contributed by atoms with E-state index in [0.717, 1.165) is 28.8 Å². The van der Waals surface area contributed by atoms with Crippen molar-refractivity contribution in [2.75, 3.05) is 0 Å². The number of nitrogens with zero attached hydrogens (tertiary/aromatic N) is 6. The van der Waals surface area contributed by atoms with Crippen LogP contribution in [0, 0.1) is 52.2 Å². The third-order valence-electron chi connectivity index (χ3n) is 8.28. The highest BCUT2D eigenvalue weighted by Crippen LogP contribution is 2.51. The van der Waals surface area contributed by atoms with Gasteiger partial charge in [0, 0.05) is 22.3 Å². The van der Waals surface area contributed by atoms with Crippen LogP contribution in [0.25, 0.3) is 55.9 Å². The minimum atomic E-state index is -4.54. The summed E-state index contributed by atoms with van der Waals surface area (Å²) in [7, 11) is 0. The number of halogens is 3. The molecule has 0 N–H and O–H groups in total. The molecular formula is C38H17F3N6. The molecule has 4 aromatic carbocycles. The first-order chi connectivity index (χ1) is 22.7. The van der Waals surface area contributed by atoms with Gasteiger partial charge in [-0.1, -0.05) is 66.2 Å². The number of aromatic nitrogens is 2. The molecule has 0 amide bonds. The maximum absolute atomic E-state index is 13.5. The molecule has 0 aliphatic heterocycles. The van der Waals surface area contributed by atoms with Crippen molar-refractivity contribution in [1.29, 1.82) is 21.0 Å². The van der Waals surface area contributed by atoms with Gasteiger partial charge in [-0.2, -0.15) is 34.2 Å². The van der Waals surface area contributed by atoms with Crippen LogP contribution in [0.2, 0.25) is 0 Å². The predicted octanol–water partition coefficient (Wildman–Crippen LogP) is 8.80. The Morgan fingerprint density at radius 1 is 0.532 bits per heavy atom. The van der Waals surface area contributed by atoms with Crippen LogP contribution in [0.5, 0.6) is 0 Å². The van der Waals surface area contributed by atoms with E-state index in [9.17, 15) is 34.2 Å². The molecule has 7 rings (SSSR count). The van der Waals surface area contributed by atoms with Gasteiger partial charge >= 0.3 is 6.18 Å². The normalized spacial score (nSPS) is 12.1. The maximum Gasteiger partial charge on any atom is 0.416 e. The predicted molar refractivity (Wildman–Crippen MR) is 168 cm³/mol. The van der Waals surface area contributed by atoms with Crippen LogP contribution in [0.15, 0.2) is 96.1 Å². The fourth-order valence-corrected chi connectivity index (χ4v) is 6.17. The molecule has 0 fully saturated rings. The molecule has 9 heteroatoms. The summed E-state index contributed by atoms with van der Waals surface area (Å²) in [6.07, 6.45) is -4.54. The van der Waals surface area contributed by atoms with Gasteiger partial charge in [-0.05, 0) is 64.6 Å². The van der Waals surface area contributed by atoms with E-state index in [0.29, 0.717) is 56.0 Å². The van der Waals surface area contributed by atoms with E-state index in [1.165, 1.54) is 6.07 Å². The van der Waals surface area contributed by atoms with Crippen LogP contribution in [-0.2, 0) is 6.18 Å². The van der Waals surface area contributed by atoms with Crippen molar-refractivity contribution in [2.24, 2.45) is 0 Å². The smallest absolute Gasteiger partial charge is 0.243 e. The fourth-order valence-electron chi connectivity index (χ4n) is 6.17. The lowest BCUT2D eigenvalue weighted by Crippen LogP contribution is -2.04. The van der Waals surface area contributed by atoms with E-state index >= 15 is 0 Å². The van der Waals surface area contributed by atoms with E-state index in [-0.39, 0.29) is 22.4 Å². The van der Waals surface area contributed by atoms with E-state index < -0.39 is 11.7 Å². The quantitative estimate of drug-likeness (QED) is 0.179. The van der Waals surface area contributed by atoms with Crippen molar-refractivity contribution in [1.82, 2.24) is 9.97 Å². The molecule has 0 saturated heterocycles. The highest BCUT2D eigenvalue weighted by molar-refractivity contribution is 6.07. The van der Waals surface area contributed by atoms with E-state index in [2.05, 4.69) is 0 Å². The van der Waals surface area contributed by atoms with Crippen LogP contribution in [0.3, 0.4) is 0 Å². The van der Waals surface area contributed by atoms with Gasteiger partial charge in [-0.3, -0.25) is 0 Å². The second-order valence-electron chi connectivity index (χ2n) is 11.0. The summed E-state index contributed by atoms with van der Waals surface area (Å²) in [4.78, 5) is 9.86. The van der Waals surface area contributed by atoms with Gasteiger partial charge < -0.3 is 0 Å². The van der Waals surface area contributed by atoms with Crippen molar-refractivity contribution in [3.8, 4) is 69.0 Å². The number of hydrogen-bond acceptors (Lipinski definition) is 6. The molecule has 1 heterocycles. The maximum atomic E-state index is 13.5. The lowest BCUT2D eigenvalue weighted by molar-refractivity contribution is -0.137. The van der Waals surface area contributed by atoms with Crippen LogP contribution >= 0.6 is 0 Å². The Morgan fingerprint density at radius 2 is 0.979 bits per heavy atom. The summed E-state index contributed by atoms with van der Waals surface area (Å²) in [5, 5.41) is 39.9. The number of alkyl halides is 3. The van der Waals surface area contributed by atoms with Crippen LogP contribution < -0.4 is 0 Å².